The molecule has 3 aromatic rings. The lowest BCUT2D eigenvalue weighted by molar-refractivity contribution is -0.137. The lowest BCUT2D eigenvalue weighted by Crippen LogP contribution is -2.08. The summed E-state index contributed by atoms with van der Waals surface area (Å²) < 4.78 is 40.2. The molecule has 0 radical (unpaired) electrons. The number of carbonyl (C=O) groups is 1. The Morgan fingerprint density at radius 1 is 1.20 bits per heavy atom. The van der Waals surface area contributed by atoms with Crippen LogP contribution in [0.25, 0.3) is 10.9 Å². The number of rotatable bonds is 3. The number of nitrogens with zero attached hydrogens (tertiary/aromatic N) is 1. The molecule has 0 spiro atoms. The van der Waals surface area contributed by atoms with Gasteiger partial charge in [-0.3, -0.25) is 5.32 Å². The highest BCUT2D eigenvalue weighted by Crippen LogP contribution is 2.31. The van der Waals surface area contributed by atoms with Crippen molar-refractivity contribution in [3.05, 3.63) is 64.8 Å². The maximum absolute atomic E-state index is 12.8. The van der Waals surface area contributed by atoms with E-state index in [9.17, 15) is 18.0 Å². The standard InChI is InChI=1S/C17H12ClF3N2O2/c18-13-8-15-11(7-14(13)22-16(24)25)4-5-23(15)9-10-2-1-3-12(6-10)17(19,20)21/h1-8,22H,9H2,(H,24,25). The molecule has 0 aliphatic rings. The highest BCUT2D eigenvalue weighted by Gasteiger charge is 2.30. The number of alkyl halides is 3. The molecule has 130 valence electrons. The first kappa shape index (κ1) is 17.2. The Kier molecular flexibility index (Phi) is 4.34. The third-order valence-electron chi connectivity index (χ3n) is 3.71. The van der Waals surface area contributed by atoms with Crippen molar-refractivity contribution in [1.82, 2.24) is 4.57 Å². The van der Waals surface area contributed by atoms with Crippen LogP contribution in [0.4, 0.5) is 23.7 Å². The van der Waals surface area contributed by atoms with E-state index >= 15 is 0 Å². The summed E-state index contributed by atoms with van der Waals surface area (Å²) in [5.41, 5.74) is 0.737. The van der Waals surface area contributed by atoms with Crippen LogP contribution in [-0.4, -0.2) is 15.8 Å². The molecule has 8 heteroatoms. The SMILES string of the molecule is O=C(O)Nc1cc2ccn(Cc3cccc(C(F)(F)F)c3)c2cc1Cl. The van der Waals surface area contributed by atoms with Gasteiger partial charge in [0.15, 0.2) is 0 Å². The summed E-state index contributed by atoms with van der Waals surface area (Å²) in [5, 5.41) is 11.9. The number of amides is 1. The molecular weight excluding hydrogens is 357 g/mol. The second-order valence-corrected chi connectivity index (χ2v) is 5.87. The Bertz CT molecular complexity index is 951. The van der Waals surface area contributed by atoms with Crippen molar-refractivity contribution >= 4 is 34.3 Å². The zero-order valence-electron chi connectivity index (χ0n) is 12.6. The molecular formula is C17H12ClF3N2O2. The zero-order valence-corrected chi connectivity index (χ0v) is 13.4. The number of carboxylic acid groups (broad SMARTS) is 1. The third kappa shape index (κ3) is 3.71. The number of hydrogen-bond donors (Lipinski definition) is 2. The summed E-state index contributed by atoms with van der Waals surface area (Å²) in [5.74, 6) is 0. The summed E-state index contributed by atoms with van der Waals surface area (Å²) in [6.45, 7) is 0.232. The molecule has 1 heterocycles. The first-order valence-corrected chi connectivity index (χ1v) is 7.56. The largest absolute Gasteiger partial charge is 0.465 e. The van der Waals surface area contributed by atoms with Gasteiger partial charge in [-0.1, -0.05) is 23.7 Å². The Labute approximate surface area is 145 Å². The van der Waals surface area contributed by atoms with Crippen LogP contribution in [-0.2, 0) is 12.7 Å². The fraction of sp³-hybridized carbons (Fsp3) is 0.118. The molecule has 25 heavy (non-hydrogen) atoms. The smallest absolute Gasteiger partial charge is 0.416 e. The van der Waals surface area contributed by atoms with Gasteiger partial charge in [0.1, 0.15) is 0 Å². The van der Waals surface area contributed by atoms with Crippen LogP contribution in [0.1, 0.15) is 11.1 Å². The van der Waals surface area contributed by atoms with Crippen LogP contribution in [0.15, 0.2) is 48.7 Å². The summed E-state index contributed by atoms with van der Waals surface area (Å²) in [6, 6.07) is 10.0. The van der Waals surface area contributed by atoms with E-state index in [-0.39, 0.29) is 17.3 Å². The molecule has 0 saturated heterocycles. The lowest BCUT2D eigenvalue weighted by atomic mass is 10.1. The van der Waals surface area contributed by atoms with E-state index < -0.39 is 17.8 Å². The molecule has 4 nitrogen and oxygen atoms in total. The summed E-state index contributed by atoms with van der Waals surface area (Å²) in [7, 11) is 0. The average Bonchev–Trinajstić information content (AvgIpc) is 2.89. The molecule has 0 aliphatic heterocycles. The quantitative estimate of drug-likeness (QED) is 0.645. The number of hydrogen-bond acceptors (Lipinski definition) is 1. The highest BCUT2D eigenvalue weighted by atomic mass is 35.5. The molecule has 1 aromatic heterocycles. The molecule has 0 atom stereocenters. The minimum atomic E-state index is -4.39. The molecule has 2 N–H and O–H groups in total. The van der Waals surface area contributed by atoms with Crippen molar-refractivity contribution in [2.24, 2.45) is 0 Å². The van der Waals surface area contributed by atoms with Crippen molar-refractivity contribution < 1.29 is 23.1 Å². The van der Waals surface area contributed by atoms with Gasteiger partial charge in [0, 0.05) is 23.6 Å². The van der Waals surface area contributed by atoms with Crippen LogP contribution in [0.3, 0.4) is 0 Å². The van der Waals surface area contributed by atoms with Crippen LogP contribution in [0.5, 0.6) is 0 Å². The molecule has 0 fully saturated rings. The fourth-order valence-corrected chi connectivity index (χ4v) is 2.81. The second kappa shape index (κ2) is 6.33. The van der Waals surface area contributed by atoms with Crippen molar-refractivity contribution in [1.29, 1.82) is 0 Å². The topological polar surface area (TPSA) is 54.3 Å². The van der Waals surface area contributed by atoms with E-state index in [1.807, 2.05) is 0 Å². The first-order valence-electron chi connectivity index (χ1n) is 7.18. The predicted molar refractivity (Wildman–Crippen MR) is 89.1 cm³/mol. The van der Waals surface area contributed by atoms with Crippen LogP contribution in [0.2, 0.25) is 5.02 Å². The minimum absolute atomic E-state index is 0.207. The van der Waals surface area contributed by atoms with E-state index in [1.54, 1.807) is 35.0 Å². The van der Waals surface area contributed by atoms with Gasteiger partial charge in [0.05, 0.1) is 16.3 Å². The Balaban J connectivity index is 1.95. The van der Waals surface area contributed by atoms with Gasteiger partial charge in [-0.05, 0) is 35.9 Å². The number of aromatic nitrogens is 1. The van der Waals surface area contributed by atoms with Crippen LogP contribution in [0, 0.1) is 0 Å². The monoisotopic (exact) mass is 368 g/mol. The zero-order chi connectivity index (χ0) is 18.2. The maximum Gasteiger partial charge on any atom is 0.416 e. The van der Waals surface area contributed by atoms with Gasteiger partial charge < -0.3 is 9.67 Å². The van der Waals surface area contributed by atoms with Gasteiger partial charge in [0.2, 0.25) is 0 Å². The number of anilines is 1. The van der Waals surface area contributed by atoms with Gasteiger partial charge >= 0.3 is 12.3 Å². The number of halogens is 4. The summed E-state index contributed by atoms with van der Waals surface area (Å²) >= 11 is 6.08. The summed E-state index contributed by atoms with van der Waals surface area (Å²) in [6.07, 6.45) is -3.91. The molecule has 3 rings (SSSR count). The molecule has 0 unspecified atom stereocenters. The van der Waals surface area contributed by atoms with Crippen LogP contribution >= 0.6 is 11.6 Å². The normalized spacial score (nSPS) is 11.7. The van der Waals surface area contributed by atoms with E-state index in [2.05, 4.69) is 5.32 Å². The second-order valence-electron chi connectivity index (χ2n) is 5.46. The van der Waals surface area contributed by atoms with Crippen molar-refractivity contribution in [3.63, 3.8) is 0 Å². The Morgan fingerprint density at radius 3 is 2.64 bits per heavy atom. The van der Waals surface area contributed by atoms with Crippen LogP contribution < -0.4 is 5.32 Å². The van der Waals surface area contributed by atoms with E-state index in [0.29, 0.717) is 11.1 Å². The number of fused-ring (bicyclic) bond motifs is 1. The molecule has 1 amide bonds. The van der Waals surface area contributed by atoms with Crippen molar-refractivity contribution in [3.8, 4) is 0 Å². The van der Waals surface area contributed by atoms with Crippen molar-refractivity contribution in [2.75, 3.05) is 5.32 Å². The highest BCUT2D eigenvalue weighted by molar-refractivity contribution is 6.34. The Morgan fingerprint density at radius 2 is 1.96 bits per heavy atom. The lowest BCUT2D eigenvalue weighted by Gasteiger charge is -2.11. The average molecular weight is 369 g/mol. The molecule has 0 bridgehead atoms. The van der Waals surface area contributed by atoms with Gasteiger partial charge in [-0.25, -0.2) is 4.79 Å². The van der Waals surface area contributed by atoms with Gasteiger partial charge in [0.25, 0.3) is 0 Å². The predicted octanol–water partition coefficient (Wildman–Crippen LogP) is 5.45. The van der Waals surface area contributed by atoms with E-state index in [4.69, 9.17) is 16.7 Å². The minimum Gasteiger partial charge on any atom is -0.465 e. The molecule has 0 saturated carbocycles. The van der Waals surface area contributed by atoms with Gasteiger partial charge in [-0.15, -0.1) is 0 Å². The van der Waals surface area contributed by atoms with E-state index in [0.717, 1.165) is 17.5 Å². The maximum atomic E-state index is 12.8. The molecule has 0 aliphatic carbocycles. The summed E-state index contributed by atoms with van der Waals surface area (Å²) in [4.78, 5) is 10.7. The van der Waals surface area contributed by atoms with Gasteiger partial charge in [-0.2, -0.15) is 13.2 Å². The third-order valence-corrected chi connectivity index (χ3v) is 4.02. The van der Waals surface area contributed by atoms with Crippen molar-refractivity contribution in [2.45, 2.75) is 12.7 Å². The molecule has 2 aromatic carbocycles. The fourth-order valence-electron chi connectivity index (χ4n) is 2.60. The first-order chi connectivity index (χ1) is 11.7. The number of benzene rings is 2. The number of nitrogens with one attached hydrogen (secondary N) is 1. The Hall–Kier alpha value is -2.67. The van der Waals surface area contributed by atoms with E-state index in [1.165, 1.54) is 6.07 Å².